The molecular formula is C18H18N4OS. The third kappa shape index (κ3) is 3.20. The van der Waals surface area contributed by atoms with Gasteiger partial charge in [-0.3, -0.25) is 9.88 Å². The summed E-state index contributed by atoms with van der Waals surface area (Å²) in [6, 6.07) is 7.93. The van der Waals surface area contributed by atoms with Gasteiger partial charge in [0.15, 0.2) is 10.9 Å². The fourth-order valence-electron chi connectivity index (χ4n) is 2.94. The van der Waals surface area contributed by atoms with Crippen LogP contribution in [0.4, 0.5) is 0 Å². The normalized spacial score (nSPS) is 14.5. The van der Waals surface area contributed by atoms with E-state index >= 15 is 0 Å². The van der Waals surface area contributed by atoms with Gasteiger partial charge in [0.05, 0.1) is 12.0 Å². The van der Waals surface area contributed by atoms with E-state index in [0.717, 1.165) is 42.7 Å². The molecular weight excluding hydrogens is 320 g/mol. The van der Waals surface area contributed by atoms with Gasteiger partial charge in [-0.15, -0.1) is 0 Å². The number of fused-ring (bicyclic) bond motifs is 1. The van der Waals surface area contributed by atoms with E-state index in [1.165, 1.54) is 16.8 Å². The van der Waals surface area contributed by atoms with E-state index in [1.807, 2.05) is 36.8 Å². The molecule has 0 unspecified atom stereocenters. The summed E-state index contributed by atoms with van der Waals surface area (Å²) in [6.45, 7) is 2.79. The van der Waals surface area contributed by atoms with Gasteiger partial charge in [-0.25, -0.2) is 9.97 Å². The Kier molecular flexibility index (Phi) is 4.32. The number of furan rings is 1. The highest BCUT2D eigenvalue weighted by atomic mass is 32.2. The quantitative estimate of drug-likeness (QED) is 0.537. The molecule has 122 valence electrons. The van der Waals surface area contributed by atoms with Gasteiger partial charge < -0.3 is 4.42 Å². The fraction of sp³-hybridized carbons (Fsp3) is 0.278. The second-order valence-corrected chi connectivity index (χ2v) is 6.59. The zero-order valence-electron chi connectivity index (χ0n) is 13.5. The summed E-state index contributed by atoms with van der Waals surface area (Å²) in [6.07, 6.45) is 8.56. The highest BCUT2D eigenvalue weighted by molar-refractivity contribution is 7.98. The number of hydrogen-bond acceptors (Lipinski definition) is 6. The first-order valence-electron chi connectivity index (χ1n) is 7.92. The molecule has 0 atom stereocenters. The van der Waals surface area contributed by atoms with Gasteiger partial charge in [-0.2, -0.15) is 0 Å². The van der Waals surface area contributed by atoms with Gasteiger partial charge in [-0.05, 0) is 30.0 Å². The Balaban J connectivity index is 1.44. The SMILES string of the molecule is CSc1ncc2c(n1)CCN(Cc1ccc(-c3ccco3)nc1)C2. The Morgan fingerprint density at radius 1 is 1.21 bits per heavy atom. The molecule has 0 N–H and O–H groups in total. The van der Waals surface area contributed by atoms with E-state index in [2.05, 4.69) is 25.9 Å². The lowest BCUT2D eigenvalue weighted by Crippen LogP contribution is -2.31. The van der Waals surface area contributed by atoms with Crippen molar-refractivity contribution in [2.45, 2.75) is 24.7 Å². The third-order valence-corrected chi connectivity index (χ3v) is 4.74. The lowest BCUT2D eigenvalue weighted by molar-refractivity contribution is 0.242. The molecule has 0 radical (unpaired) electrons. The van der Waals surface area contributed by atoms with Crippen molar-refractivity contribution in [1.82, 2.24) is 19.9 Å². The predicted octanol–water partition coefficient (Wildman–Crippen LogP) is 3.41. The molecule has 4 heterocycles. The molecule has 4 rings (SSSR count). The smallest absolute Gasteiger partial charge is 0.187 e. The summed E-state index contributed by atoms with van der Waals surface area (Å²) in [4.78, 5) is 15.9. The summed E-state index contributed by atoms with van der Waals surface area (Å²) in [5.74, 6) is 0.801. The standard InChI is InChI=1S/C18H18N4OS/c1-24-18-20-10-14-12-22(7-6-15(14)21-18)11-13-4-5-16(19-9-13)17-3-2-8-23-17/h2-5,8-10H,6-7,11-12H2,1H3. The van der Waals surface area contributed by atoms with Crippen LogP contribution in [0.5, 0.6) is 0 Å². The Morgan fingerprint density at radius 3 is 2.92 bits per heavy atom. The maximum absolute atomic E-state index is 5.38. The molecule has 0 saturated carbocycles. The van der Waals surface area contributed by atoms with Crippen molar-refractivity contribution in [3.63, 3.8) is 0 Å². The van der Waals surface area contributed by atoms with Crippen LogP contribution in [0.15, 0.2) is 52.5 Å². The molecule has 0 saturated heterocycles. The maximum atomic E-state index is 5.38. The number of nitrogens with zero attached hydrogens (tertiary/aromatic N) is 4. The monoisotopic (exact) mass is 338 g/mol. The molecule has 6 heteroatoms. The first-order valence-corrected chi connectivity index (χ1v) is 9.14. The molecule has 0 fully saturated rings. The average Bonchev–Trinajstić information content (AvgIpc) is 3.16. The first kappa shape index (κ1) is 15.4. The van der Waals surface area contributed by atoms with Gasteiger partial charge >= 0.3 is 0 Å². The van der Waals surface area contributed by atoms with E-state index in [9.17, 15) is 0 Å². The summed E-state index contributed by atoms with van der Waals surface area (Å²) < 4.78 is 5.38. The summed E-state index contributed by atoms with van der Waals surface area (Å²) >= 11 is 1.59. The summed E-state index contributed by atoms with van der Waals surface area (Å²) in [5.41, 5.74) is 4.50. The van der Waals surface area contributed by atoms with Crippen molar-refractivity contribution in [1.29, 1.82) is 0 Å². The Hall–Kier alpha value is -2.18. The molecule has 3 aromatic rings. The molecule has 1 aliphatic rings. The molecule has 0 aromatic carbocycles. The van der Waals surface area contributed by atoms with Crippen LogP contribution in [0.3, 0.4) is 0 Å². The third-order valence-electron chi connectivity index (χ3n) is 4.18. The largest absolute Gasteiger partial charge is 0.463 e. The van der Waals surface area contributed by atoms with E-state index in [0.29, 0.717) is 0 Å². The molecule has 3 aromatic heterocycles. The van der Waals surface area contributed by atoms with Gasteiger partial charge in [0.2, 0.25) is 0 Å². The van der Waals surface area contributed by atoms with Gasteiger partial charge in [0.1, 0.15) is 5.69 Å². The molecule has 24 heavy (non-hydrogen) atoms. The zero-order chi connectivity index (χ0) is 16.4. The molecule has 1 aliphatic heterocycles. The minimum Gasteiger partial charge on any atom is -0.463 e. The van der Waals surface area contributed by atoms with Crippen LogP contribution in [0.2, 0.25) is 0 Å². The van der Waals surface area contributed by atoms with Crippen LogP contribution in [-0.4, -0.2) is 32.7 Å². The van der Waals surface area contributed by atoms with Crippen molar-refractivity contribution in [2.24, 2.45) is 0 Å². The summed E-state index contributed by atoms with van der Waals surface area (Å²) in [5, 5.41) is 0.861. The molecule has 0 bridgehead atoms. The average molecular weight is 338 g/mol. The maximum Gasteiger partial charge on any atom is 0.187 e. The Bertz CT molecular complexity index is 818. The van der Waals surface area contributed by atoms with E-state index < -0.39 is 0 Å². The van der Waals surface area contributed by atoms with E-state index in [1.54, 1.807) is 18.0 Å². The van der Waals surface area contributed by atoms with Crippen LogP contribution >= 0.6 is 11.8 Å². The van der Waals surface area contributed by atoms with Crippen molar-refractivity contribution in [2.75, 3.05) is 12.8 Å². The van der Waals surface area contributed by atoms with Crippen molar-refractivity contribution in [3.8, 4) is 11.5 Å². The van der Waals surface area contributed by atoms with Crippen LogP contribution in [0.1, 0.15) is 16.8 Å². The first-order chi connectivity index (χ1) is 11.8. The molecule has 0 spiro atoms. The minimum absolute atomic E-state index is 0.801. The molecule has 0 amide bonds. The van der Waals surface area contributed by atoms with Gasteiger partial charge in [-0.1, -0.05) is 17.8 Å². The Morgan fingerprint density at radius 2 is 2.17 bits per heavy atom. The van der Waals surface area contributed by atoms with Gasteiger partial charge in [0, 0.05) is 44.0 Å². The minimum atomic E-state index is 0.801. The van der Waals surface area contributed by atoms with Crippen LogP contribution in [-0.2, 0) is 19.5 Å². The molecule has 0 aliphatic carbocycles. The van der Waals surface area contributed by atoms with E-state index in [-0.39, 0.29) is 0 Å². The van der Waals surface area contributed by atoms with Crippen LogP contribution in [0, 0.1) is 0 Å². The highest BCUT2D eigenvalue weighted by Gasteiger charge is 2.18. The van der Waals surface area contributed by atoms with E-state index in [4.69, 9.17) is 4.42 Å². The second kappa shape index (κ2) is 6.75. The zero-order valence-corrected chi connectivity index (χ0v) is 14.3. The second-order valence-electron chi connectivity index (χ2n) is 5.82. The van der Waals surface area contributed by atoms with Crippen LogP contribution in [0.25, 0.3) is 11.5 Å². The molecule has 5 nitrogen and oxygen atoms in total. The predicted molar refractivity (Wildman–Crippen MR) is 93.6 cm³/mol. The lowest BCUT2D eigenvalue weighted by atomic mass is 10.1. The van der Waals surface area contributed by atoms with Crippen LogP contribution < -0.4 is 0 Å². The lowest BCUT2D eigenvalue weighted by Gasteiger charge is -2.27. The van der Waals surface area contributed by atoms with Gasteiger partial charge in [0.25, 0.3) is 0 Å². The number of rotatable bonds is 4. The Labute approximate surface area is 145 Å². The number of pyridine rings is 1. The fourth-order valence-corrected chi connectivity index (χ4v) is 3.30. The number of aromatic nitrogens is 3. The van der Waals surface area contributed by atoms with Crippen molar-refractivity contribution < 1.29 is 4.42 Å². The topological polar surface area (TPSA) is 55.1 Å². The van der Waals surface area contributed by atoms with Crippen molar-refractivity contribution >= 4 is 11.8 Å². The summed E-state index contributed by atoms with van der Waals surface area (Å²) in [7, 11) is 0. The number of thioether (sulfide) groups is 1. The number of hydrogen-bond donors (Lipinski definition) is 0. The highest BCUT2D eigenvalue weighted by Crippen LogP contribution is 2.22. The van der Waals surface area contributed by atoms with Crippen molar-refractivity contribution in [3.05, 3.63) is 59.7 Å².